The van der Waals surface area contributed by atoms with Crippen LogP contribution < -0.4 is 0 Å². The van der Waals surface area contributed by atoms with Crippen LogP contribution in [-0.4, -0.2) is 46.1 Å². The zero-order valence-electron chi connectivity index (χ0n) is 19.2. The highest BCUT2D eigenvalue weighted by Crippen LogP contribution is 2.45. The third-order valence-electron chi connectivity index (χ3n) is 8.41. The van der Waals surface area contributed by atoms with Crippen molar-refractivity contribution in [2.24, 2.45) is 11.3 Å². The molecule has 1 N–H and O–H groups in total. The Kier molecular flexibility index (Phi) is 5.45. The van der Waals surface area contributed by atoms with E-state index >= 15 is 0 Å². The van der Waals surface area contributed by atoms with Gasteiger partial charge in [0.15, 0.2) is 0 Å². The lowest BCUT2D eigenvalue weighted by molar-refractivity contribution is -0.153. The van der Waals surface area contributed by atoms with Crippen LogP contribution in [0.15, 0.2) is 54.9 Å². The van der Waals surface area contributed by atoms with Gasteiger partial charge in [-0.15, -0.1) is 0 Å². The molecular formula is C28H33N3O2. The maximum Gasteiger partial charge on any atom is 0.229 e. The highest BCUT2D eigenvalue weighted by atomic mass is 16.5. The lowest BCUT2D eigenvalue weighted by Crippen LogP contribution is -2.55. The number of H-pyrrole nitrogens is 1. The number of fused-ring (bicyclic) bond motifs is 3. The number of rotatable bonds is 5. The zero-order valence-corrected chi connectivity index (χ0v) is 19.2. The minimum Gasteiger partial charge on any atom is -0.381 e. The van der Waals surface area contributed by atoms with E-state index in [0.717, 1.165) is 57.0 Å². The molecule has 5 heterocycles. The van der Waals surface area contributed by atoms with E-state index in [1.165, 1.54) is 16.5 Å². The number of carbonyl (C=O) groups excluding carboxylic acids is 1. The van der Waals surface area contributed by atoms with Crippen LogP contribution in [0.3, 0.4) is 0 Å². The number of carbonyl (C=O) groups is 1. The molecule has 5 nitrogen and oxygen atoms in total. The maximum atomic E-state index is 14.2. The van der Waals surface area contributed by atoms with E-state index in [4.69, 9.17) is 4.74 Å². The van der Waals surface area contributed by atoms with E-state index in [1.807, 2.05) is 12.4 Å². The summed E-state index contributed by atoms with van der Waals surface area (Å²) in [7, 11) is 0. The number of aromatic nitrogens is 2. The average molecular weight is 444 g/mol. The first kappa shape index (κ1) is 20.9. The van der Waals surface area contributed by atoms with Gasteiger partial charge in [0.05, 0.1) is 5.41 Å². The lowest BCUT2D eigenvalue weighted by atomic mass is 9.73. The van der Waals surface area contributed by atoms with Gasteiger partial charge >= 0.3 is 0 Å². The van der Waals surface area contributed by atoms with Crippen molar-refractivity contribution in [1.82, 2.24) is 14.9 Å². The van der Waals surface area contributed by atoms with Gasteiger partial charge in [0.1, 0.15) is 5.65 Å². The van der Waals surface area contributed by atoms with Crippen molar-refractivity contribution in [3.8, 4) is 0 Å². The number of piperidine rings is 1. The second-order valence-electron chi connectivity index (χ2n) is 10.4. The summed E-state index contributed by atoms with van der Waals surface area (Å²) in [5.74, 6) is 1.03. The van der Waals surface area contributed by atoms with E-state index in [9.17, 15) is 4.79 Å². The summed E-state index contributed by atoms with van der Waals surface area (Å²) in [5, 5.41) is 1.24. The van der Waals surface area contributed by atoms with Crippen molar-refractivity contribution in [3.63, 3.8) is 0 Å². The van der Waals surface area contributed by atoms with E-state index in [2.05, 4.69) is 57.3 Å². The first-order valence-corrected chi connectivity index (χ1v) is 12.6. The largest absolute Gasteiger partial charge is 0.381 e. The number of hydrogen-bond donors (Lipinski definition) is 1. The van der Waals surface area contributed by atoms with E-state index in [0.29, 0.717) is 37.1 Å². The molecule has 0 aliphatic carbocycles. The molecular weight excluding hydrogens is 410 g/mol. The Bertz CT molecular complexity index is 1100. The van der Waals surface area contributed by atoms with Crippen LogP contribution in [0.5, 0.6) is 0 Å². The summed E-state index contributed by atoms with van der Waals surface area (Å²) in [6.07, 6.45) is 12.0. The molecule has 2 bridgehead atoms. The molecule has 1 aromatic carbocycles. The number of amides is 1. The fourth-order valence-electron chi connectivity index (χ4n) is 6.78. The highest BCUT2D eigenvalue weighted by molar-refractivity contribution is 5.84. The molecule has 1 amide bonds. The monoisotopic (exact) mass is 443 g/mol. The van der Waals surface area contributed by atoms with Crippen LogP contribution in [0.25, 0.3) is 11.0 Å². The molecule has 3 aliphatic rings. The van der Waals surface area contributed by atoms with Gasteiger partial charge in [0, 0.05) is 43.1 Å². The second kappa shape index (κ2) is 8.60. The molecule has 172 valence electrons. The lowest BCUT2D eigenvalue weighted by Gasteiger charge is -2.46. The van der Waals surface area contributed by atoms with Crippen LogP contribution in [0, 0.1) is 11.3 Å². The smallest absolute Gasteiger partial charge is 0.229 e. The van der Waals surface area contributed by atoms with Gasteiger partial charge in [-0.3, -0.25) is 4.79 Å². The number of benzene rings is 1. The fourth-order valence-corrected chi connectivity index (χ4v) is 6.78. The zero-order chi connectivity index (χ0) is 22.3. The molecule has 2 aromatic heterocycles. The van der Waals surface area contributed by atoms with Crippen LogP contribution in [0.2, 0.25) is 0 Å². The molecule has 3 aliphatic heterocycles. The molecule has 0 radical (unpaired) electrons. The normalized spacial score (nSPS) is 26.5. The number of hydrogen-bond acceptors (Lipinski definition) is 3. The van der Waals surface area contributed by atoms with Gasteiger partial charge < -0.3 is 14.6 Å². The van der Waals surface area contributed by atoms with Gasteiger partial charge in [-0.05, 0) is 80.5 Å². The topological polar surface area (TPSA) is 58.2 Å². The Labute approximate surface area is 195 Å². The number of nitrogens with zero attached hydrogens (tertiary/aromatic N) is 2. The number of aromatic amines is 1. The molecule has 3 aromatic rings. The average Bonchev–Trinajstić information content (AvgIpc) is 3.43. The van der Waals surface area contributed by atoms with Crippen molar-refractivity contribution < 1.29 is 9.53 Å². The third kappa shape index (κ3) is 3.86. The van der Waals surface area contributed by atoms with Gasteiger partial charge in [-0.25, -0.2) is 4.98 Å². The Balaban J connectivity index is 1.21. The minimum atomic E-state index is -0.310. The maximum absolute atomic E-state index is 14.2. The van der Waals surface area contributed by atoms with Crippen molar-refractivity contribution in [1.29, 1.82) is 0 Å². The Morgan fingerprint density at radius 1 is 1.06 bits per heavy atom. The molecule has 2 atom stereocenters. The first-order chi connectivity index (χ1) is 16.2. The number of ether oxygens (including phenoxy) is 1. The molecule has 0 spiro atoms. The molecule has 0 saturated carbocycles. The van der Waals surface area contributed by atoms with Crippen LogP contribution in [-0.2, 0) is 22.4 Å². The summed E-state index contributed by atoms with van der Waals surface area (Å²) >= 11 is 0. The highest BCUT2D eigenvalue weighted by Gasteiger charge is 2.50. The summed E-state index contributed by atoms with van der Waals surface area (Å²) in [5.41, 5.74) is 3.32. The Morgan fingerprint density at radius 2 is 1.82 bits per heavy atom. The molecule has 5 heteroatoms. The van der Waals surface area contributed by atoms with Crippen LogP contribution in [0.1, 0.15) is 49.7 Å². The van der Waals surface area contributed by atoms with Crippen LogP contribution in [0.4, 0.5) is 0 Å². The van der Waals surface area contributed by atoms with E-state index in [-0.39, 0.29) is 5.41 Å². The SMILES string of the molecule is O=C(N1[C@H]2CC[C@H]1CC(Cc1ccnc3[nH]ccc13)C2)C1(Cc2ccccc2)CCOCC1. The molecule has 6 rings (SSSR count). The second-order valence-corrected chi connectivity index (χ2v) is 10.4. The summed E-state index contributed by atoms with van der Waals surface area (Å²) in [6.45, 7) is 1.39. The molecule has 0 unspecified atom stereocenters. The summed E-state index contributed by atoms with van der Waals surface area (Å²) in [6, 6.07) is 15.7. The quantitative estimate of drug-likeness (QED) is 0.609. The van der Waals surface area contributed by atoms with Gasteiger partial charge in [0.2, 0.25) is 5.91 Å². The van der Waals surface area contributed by atoms with Crippen LogP contribution >= 0.6 is 0 Å². The van der Waals surface area contributed by atoms with Gasteiger partial charge in [0.25, 0.3) is 0 Å². The Hall–Kier alpha value is -2.66. The predicted molar refractivity (Wildman–Crippen MR) is 129 cm³/mol. The van der Waals surface area contributed by atoms with E-state index in [1.54, 1.807) is 0 Å². The fraction of sp³-hybridized carbons (Fsp3) is 0.500. The van der Waals surface area contributed by atoms with Crippen molar-refractivity contribution >= 4 is 16.9 Å². The predicted octanol–water partition coefficient (Wildman–Crippen LogP) is 4.91. The van der Waals surface area contributed by atoms with Gasteiger partial charge in [-0.1, -0.05) is 30.3 Å². The third-order valence-corrected chi connectivity index (χ3v) is 8.41. The first-order valence-electron chi connectivity index (χ1n) is 12.6. The van der Waals surface area contributed by atoms with Crippen molar-refractivity contribution in [2.45, 2.75) is 63.5 Å². The number of nitrogens with one attached hydrogen (secondary N) is 1. The molecule has 33 heavy (non-hydrogen) atoms. The standard InChI is InChI=1S/C28H33N3O2/c32-27(28(10-14-33-15-11-28)19-20-4-2-1-3-5-20)31-23-6-7-24(31)18-21(17-23)16-22-8-12-29-26-25(22)9-13-30-26/h1-5,8-9,12-13,21,23-24H,6-7,10-11,14-19H2,(H,29,30)/t23-,24-/m0/s1. The molecule has 3 fully saturated rings. The summed E-state index contributed by atoms with van der Waals surface area (Å²) < 4.78 is 5.70. The van der Waals surface area contributed by atoms with E-state index < -0.39 is 0 Å². The minimum absolute atomic E-state index is 0.310. The summed E-state index contributed by atoms with van der Waals surface area (Å²) in [4.78, 5) is 24.2. The van der Waals surface area contributed by atoms with Crippen molar-refractivity contribution in [3.05, 3.63) is 66.0 Å². The molecule has 3 saturated heterocycles. The number of pyridine rings is 1. The Morgan fingerprint density at radius 3 is 2.58 bits per heavy atom. The van der Waals surface area contributed by atoms with Gasteiger partial charge in [-0.2, -0.15) is 0 Å². The van der Waals surface area contributed by atoms with Crippen molar-refractivity contribution in [2.75, 3.05) is 13.2 Å².